The van der Waals surface area contributed by atoms with Gasteiger partial charge in [0.25, 0.3) is 0 Å². The highest BCUT2D eigenvalue weighted by Crippen LogP contribution is 2.50. The first-order valence-corrected chi connectivity index (χ1v) is 20.8. The van der Waals surface area contributed by atoms with E-state index in [9.17, 15) is 0 Å². The van der Waals surface area contributed by atoms with E-state index in [0.717, 1.165) is 60.7 Å². The smallest absolute Gasteiger partial charge is 0.164 e. The van der Waals surface area contributed by atoms with E-state index in [2.05, 4.69) is 172 Å². The number of nitrogens with zero attached hydrogens (tertiary/aromatic N) is 3. The van der Waals surface area contributed by atoms with Crippen LogP contribution in [0.25, 0.3) is 110 Å². The fourth-order valence-corrected chi connectivity index (χ4v) is 10.5. The van der Waals surface area contributed by atoms with Gasteiger partial charge in [-0.15, -0.1) is 11.3 Å². The van der Waals surface area contributed by atoms with Crippen molar-refractivity contribution in [1.82, 2.24) is 15.0 Å². The Labute approximate surface area is 345 Å². The van der Waals surface area contributed by atoms with Gasteiger partial charge in [-0.1, -0.05) is 153 Å². The molecule has 0 spiro atoms. The average Bonchev–Trinajstić information content (AvgIpc) is 3.94. The molecule has 59 heavy (non-hydrogen) atoms. The number of benzene rings is 8. The Morgan fingerprint density at radius 3 is 1.81 bits per heavy atom. The molecule has 3 aromatic heterocycles. The van der Waals surface area contributed by atoms with E-state index in [-0.39, 0.29) is 5.41 Å². The van der Waals surface area contributed by atoms with Crippen LogP contribution in [-0.2, 0) is 5.41 Å². The van der Waals surface area contributed by atoms with Crippen molar-refractivity contribution in [2.45, 2.75) is 19.3 Å². The van der Waals surface area contributed by atoms with E-state index in [1.807, 2.05) is 18.2 Å². The molecule has 1 aliphatic rings. The molecule has 0 fully saturated rings. The minimum Gasteiger partial charge on any atom is -0.456 e. The molecular weight excluding hydrogens is 739 g/mol. The Kier molecular flexibility index (Phi) is 7.41. The van der Waals surface area contributed by atoms with Gasteiger partial charge < -0.3 is 4.42 Å². The predicted octanol–water partition coefficient (Wildman–Crippen LogP) is 14.8. The molecule has 0 radical (unpaired) electrons. The molecule has 0 N–H and O–H groups in total. The highest BCUT2D eigenvalue weighted by Gasteiger charge is 2.35. The lowest BCUT2D eigenvalue weighted by atomic mass is 9.81. The molecule has 12 rings (SSSR count). The van der Waals surface area contributed by atoms with E-state index in [1.165, 1.54) is 42.6 Å². The number of hydrogen-bond acceptors (Lipinski definition) is 5. The first kappa shape index (κ1) is 33.9. The van der Waals surface area contributed by atoms with Crippen molar-refractivity contribution in [3.05, 3.63) is 187 Å². The van der Waals surface area contributed by atoms with Gasteiger partial charge in [0, 0.05) is 53.1 Å². The van der Waals surface area contributed by atoms with E-state index >= 15 is 0 Å². The molecule has 0 atom stereocenters. The van der Waals surface area contributed by atoms with Crippen LogP contribution in [0.5, 0.6) is 0 Å². The lowest BCUT2D eigenvalue weighted by Gasteiger charge is -2.22. The molecule has 4 nitrogen and oxygen atoms in total. The van der Waals surface area contributed by atoms with Crippen molar-refractivity contribution in [3.8, 4) is 67.5 Å². The van der Waals surface area contributed by atoms with E-state index in [0.29, 0.717) is 17.5 Å². The highest BCUT2D eigenvalue weighted by atomic mass is 32.1. The molecule has 0 saturated heterocycles. The van der Waals surface area contributed by atoms with Gasteiger partial charge in [-0.25, -0.2) is 15.0 Å². The van der Waals surface area contributed by atoms with Crippen molar-refractivity contribution >= 4 is 53.4 Å². The summed E-state index contributed by atoms with van der Waals surface area (Å²) < 4.78 is 9.02. The summed E-state index contributed by atoms with van der Waals surface area (Å²) >= 11 is 1.79. The third-order valence-corrected chi connectivity index (χ3v) is 13.3. The van der Waals surface area contributed by atoms with Gasteiger partial charge in [0.05, 0.1) is 0 Å². The molecule has 8 aromatic carbocycles. The Morgan fingerprint density at radius 1 is 0.390 bits per heavy atom. The Balaban J connectivity index is 1.08. The SMILES string of the molecule is CC1(C)c2ccccc2-c2ccc(-c3ccc4oc5cccc(-c6nc(-c7ccccc7-c7ccccc7)nc(-c7cccc8sc9ccccc9c78)n6)c5c4c3)cc21. The molecule has 1 aliphatic carbocycles. The summed E-state index contributed by atoms with van der Waals surface area (Å²) in [5.74, 6) is 1.85. The second kappa shape index (κ2) is 12.9. The molecule has 0 bridgehead atoms. The lowest BCUT2D eigenvalue weighted by molar-refractivity contribution is 0.660. The summed E-state index contributed by atoms with van der Waals surface area (Å²) in [4.78, 5) is 16.0. The minimum atomic E-state index is -0.0889. The van der Waals surface area contributed by atoms with Crippen LogP contribution in [0, 0.1) is 0 Å². The second-order valence-electron chi connectivity index (χ2n) is 15.9. The van der Waals surface area contributed by atoms with E-state index in [1.54, 1.807) is 11.3 Å². The quantitative estimate of drug-likeness (QED) is 0.175. The van der Waals surface area contributed by atoms with Crippen molar-refractivity contribution in [1.29, 1.82) is 0 Å². The van der Waals surface area contributed by atoms with Crippen LogP contribution in [0.3, 0.4) is 0 Å². The Morgan fingerprint density at radius 2 is 0.983 bits per heavy atom. The van der Waals surface area contributed by atoms with E-state index in [4.69, 9.17) is 19.4 Å². The number of fused-ring (bicyclic) bond motifs is 9. The molecular formula is C54H35N3OS. The number of hydrogen-bond donors (Lipinski definition) is 0. The van der Waals surface area contributed by atoms with Gasteiger partial charge in [-0.2, -0.15) is 0 Å². The standard InChI is InChI=1S/C54H35N3OS/c1-54(2)43-22-10-8-17-36(43)37-28-26-34(31-44(37)54)33-27-29-45-42(30-33)49-40(20-12-23-46(49)58-45)52-55-51(38-18-7-6-16-35(38)32-14-4-3-5-15-32)56-53(57-52)41-21-13-25-48-50(41)39-19-9-11-24-47(39)59-48/h3-31H,1-2H3. The molecule has 11 aromatic rings. The largest absolute Gasteiger partial charge is 0.456 e. The maximum Gasteiger partial charge on any atom is 0.164 e. The first-order chi connectivity index (χ1) is 29.0. The maximum atomic E-state index is 6.59. The minimum absolute atomic E-state index is 0.0889. The zero-order valence-electron chi connectivity index (χ0n) is 32.4. The summed E-state index contributed by atoms with van der Waals surface area (Å²) in [7, 11) is 0. The zero-order chi connectivity index (χ0) is 39.2. The third-order valence-electron chi connectivity index (χ3n) is 12.2. The molecule has 3 heterocycles. The molecule has 0 saturated carbocycles. The van der Waals surface area contributed by atoms with Gasteiger partial charge in [-0.3, -0.25) is 0 Å². The summed E-state index contributed by atoms with van der Waals surface area (Å²) in [6.45, 7) is 4.66. The van der Waals surface area contributed by atoms with Crippen molar-refractivity contribution in [2.24, 2.45) is 0 Å². The van der Waals surface area contributed by atoms with Gasteiger partial charge in [0.15, 0.2) is 17.5 Å². The van der Waals surface area contributed by atoms with Crippen LogP contribution in [0.2, 0.25) is 0 Å². The summed E-state index contributed by atoms with van der Waals surface area (Å²) in [5.41, 5.74) is 14.2. The number of aromatic nitrogens is 3. The topological polar surface area (TPSA) is 51.8 Å². The van der Waals surface area contributed by atoms with Crippen LogP contribution in [0.4, 0.5) is 0 Å². The summed E-state index contributed by atoms with van der Waals surface area (Å²) in [6, 6.07) is 62.3. The van der Waals surface area contributed by atoms with Crippen molar-refractivity contribution in [3.63, 3.8) is 0 Å². The van der Waals surface area contributed by atoms with Gasteiger partial charge in [-0.05, 0) is 80.9 Å². The van der Waals surface area contributed by atoms with Gasteiger partial charge >= 0.3 is 0 Å². The molecule has 0 unspecified atom stereocenters. The van der Waals surface area contributed by atoms with Crippen LogP contribution in [0.1, 0.15) is 25.0 Å². The van der Waals surface area contributed by atoms with E-state index < -0.39 is 0 Å². The van der Waals surface area contributed by atoms with Crippen molar-refractivity contribution in [2.75, 3.05) is 0 Å². The number of rotatable bonds is 5. The second-order valence-corrected chi connectivity index (χ2v) is 17.0. The summed E-state index contributed by atoms with van der Waals surface area (Å²) in [6.07, 6.45) is 0. The Hall–Kier alpha value is -7.21. The summed E-state index contributed by atoms with van der Waals surface area (Å²) in [5, 5.41) is 4.36. The normalized spacial score (nSPS) is 13.1. The monoisotopic (exact) mass is 773 g/mol. The highest BCUT2D eigenvalue weighted by molar-refractivity contribution is 7.25. The van der Waals surface area contributed by atoms with Crippen molar-refractivity contribution < 1.29 is 4.42 Å². The average molecular weight is 774 g/mol. The molecule has 0 amide bonds. The van der Waals surface area contributed by atoms with Crippen LogP contribution in [-0.4, -0.2) is 15.0 Å². The maximum absolute atomic E-state index is 6.59. The Bertz CT molecular complexity index is 3490. The zero-order valence-corrected chi connectivity index (χ0v) is 33.2. The van der Waals surface area contributed by atoms with Crippen LogP contribution < -0.4 is 0 Å². The predicted molar refractivity (Wildman–Crippen MR) is 245 cm³/mol. The first-order valence-electron chi connectivity index (χ1n) is 20.0. The van der Waals surface area contributed by atoms with Gasteiger partial charge in [0.2, 0.25) is 0 Å². The number of thiophene rings is 1. The van der Waals surface area contributed by atoms with Crippen LogP contribution >= 0.6 is 11.3 Å². The molecule has 5 heteroatoms. The number of furan rings is 1. The van der Waals surface area contributed by atoms with Crippen LogP contribution in [0.15, 0.2) is 180 Å². The lowest BCUT2D eigenvalue weighted by Crippen LogP contribution is -2.14. The van der Waals surface area contributed by atoms with Gasteiger partial charge in [0.1, 0.15) is 11.2 Å². The fourth-order valence-electron chi connectivity index (χ4n) is 9.32. The third kappa shape index (κ3) is 5.25. The fraction of sp³-hybridized carbons (Fsp3) is 0.0556. The molecule has 278 valence electrons. The molecule has 0 aliphatic heterocycles.